The Morgan fingerprint density at radius 2 is 1.94 bits per heavy atom. The number of alkyl halides is 3. The van der Waals surface area contributed by atoms with Gasteiger partial charge in [-0.3, -0.25) is 0 Å². The van der Waals surface area contributed by atoms with Gasteiger partial charge in [-0.05, 0) is 19.1 Å². The molecule has 8 nitrogen and oxygen atoms in total. The number of morpholine rings is 1. The summed E-state index contributed by atoms with van der Waals surface area (Å²) >= 11 is 0. The number of fused-ring (bicyclic) bond motifs is 1. The number of hydrogen-bond acceptors (Lipinski definition) is 6. The predicted octanol–water partition coefficient (Wildman–Crippen LogP) is 4.01. The van der Waals surface area contributed by atoms with E-state index < -0.39 is 12.8 Å². The number of ether oxygens (including phenoxy) is 2. The lowest BCUT2D eigenvalue weighted by atomic mass is 10.1. The standard InChI is InChI=1S/C24H25F3N6O2/c1-17-3-2-4-18(13-17)19-5-6-33(30-19)21-14-20(31-7-10-34-11-8-31)22-23(29-21)32(16-28-22)9-12-35-15-24(25,26)27/h2-6,13-14,16H,7-12,15H2,1H3. The molecule has 5 rings (SSSR count). The van der Waals surface area contributed by atoms with Crippen molar-refractivity contribution < 1.29 is 22.6 Å². The van der Waals surface area contributed by atoms with E-state index in [9.17, 15) is 13.2 Å². The van der Waals surface area contributed by atoms with Crippen LogP contribution in [0.25, 0.3) is 28.2 Å². The molecule has 0 aliphatic carbocycles. The fourth-order valence-corrected chi connectivity index (χ4v) is 4.09. The van der Waals surface area contributed by atoms with E-state index in [4.69, 9.17) is 19.6 Å². The number of imidazole rings is 1. The molecule has 0 radical (unpaired) electrons. The number of halogens is 3. The number of nitrogens with zero attached hydrogens (tertiary/aromatic N) is 6. The van der Waals surface area contributed by atoms with Crippen molar-refractivity contribution in [2.75, 3.05) is 44.4 Å². The zero-order valence-electron chi connectivity index (χ0n) is 19.2. The maximum absolute atomic E-state index is 12.4. The third kappa shape index (κ3) is 5.30. The molecule has 0 atom stereocenters. The van der Waals surface area contributed by atoms with Crippen LogP contribution < -0.4 is 4.90 Å². The molecule has 1 aliphatic rings. The molecule has 0 spiro atoms. The number of pyridine rings is 1. The van der Waals surface area contributed by atoms with E-state index in [1.807, 2.05) is 43.5 Å². The number of rotatable bonds is 7. The van der Waals surface area contributed by atoms with Gasteiger partial charge in [0.1, 0.15) is 12.1 Å². The molecule has 11 heteroatoms. The lowest BCUT2D eigenvalue weighted by Gasteiger charge is -2.29. The minimum Gasteiger partial charge on any atom is -0.378 e. The van der Waals surface area contributed by atoms with Crippen LogP contribution in [0.5, 0.6) is 0 Å². The Morgan fingerprint density at radius 1 is 1.11 bits per heavy atom. The molecule has 4 aromatic rings. The fraction of sp³-hybridized carbons (Fsp3) is 0.375. The van der Waals surface area contributed by atoms with Gasteiger partial charge in [0.05, 0.1) is 37.5 Å². The topological polar surface area (TPSA) is 70.2 Å². The van der Waals surface area contributed by atoms with Crippen molar-refractivity contribution in [3.8, 4) is 17.1 Å². The summed E-state index contributed by atoms with van der Waals surface area (Å²) in [5, 5.41) is 4.73. The Morgan fingerprint density at radius 3 is 2.71 bits per heavy atom. The molecule has 0 saturated carbocycles. The van der Waals surface area contributed by atoms with Gasteiger partial charge >= 0.3 is 6.18 Å². The van der Waals surface area contributed by atoms with Crippen LogP contribution in [0.15, 0.2) is 48.9 Å². The summed E-state index contributed by atoms with van der Waals surface area (Å²) in [6, 6.07) is 12.0. The molecule has 1 fully saturated rings. The third-order valence-corrected chi connectivity index (χ3v) is 5.77. The molecule has 184 valence electrons. The van der Waals surface area contributed by atoms with Gasteiger partial charge in [0, 0.05) is 37.5 Å². The van der Waals surface area contributed by atoms with Crippen molar-refractivity contribution in [2.24, 2.45) is 0 Å². The minimum absolute atomic E-state index is 0.108. The van der Waals surface area contributed by atoms with Gasteiger partial charge in [-0.25, -0.2) is 14.6 Å². The summed E-state index contributed by atoms with van der Waals surface area (Å²) in [5.74, 6) is 0.593. The van der Waals surface area contributed by atoms with E-state index in [-0.39, 0.29) is 13.2 Å². The van der Waals surface area contributed by atoms with E-state index in [0.717, 1.165) is 22.5 Å². The number of anilines is 1. The van der Waals surface area contributed by atoms with Gasteiger partial charge in [0.25, 0.3) is 0 Å². The van der Waals surface area contributed by atoms with Gasteiger partial charge in [-0.2, -0.15) is 18.3 Å². The summed E-state index contributed by atoms with van der Waals surface area (Å²) < 4.78 is 51.0. The zero-order chi connectivity index (χ0) is 24.4. The SMILES string of the molecule is Cc1cccc(-c2ccn(-c3cc(N4CCOCC4)c4ncn(CCOCC(F)(F)F)c4n3)n2)c1. The molecule has 0 amide bonds. The Balaban J connectivity index is 1.50. The summed E-state index contributed by atoms with van der Waals surface area (Å²) in [4.78, 5) is 11.5. The van der Waals surface area contributed by atoms with Crippen LogP contribution in [0.4, 0.5) is 18.9 Å². The van der Waals surface area contributed by atoms with Crippen molar-refractivity contribution in [3.63, 3.8) is 0 Å². The summed E-state index contributed by atoms with van der Waals surface area (Å²) in [6.45, 7) is 3.44. The van der Waals surface area contributed by atoms with Crippen LogP contribution >= 0.6 is 0 Å². The van der Waals surface area contributed by atoms with Crippen molar-refractivity contribution in [2.45, 2.75) is 19.6 Å². The van der Waals surface area contributed by atoms with E-state index in [1.165, 1.54) is 0 Å². The third-order valence-electron chi connectivity index (χ3n) is 5.77. The van der Waals surface area contributed by atoms with Crippen LogP contribution in [0.3, 0.4) is 0 Å². The van der Waals surface area contributed by atoms with Gasteiger partial charge in [0.15, 0.2) is 11.5 Å². The lowest BCUT2D eigenvalue weighted by molar-refractivity contribution is -0.174. The first-order valence-corrected chi connectivity index (χ1v) is 11.3. The molecular weight excluding hydrogens is 461 g/mol. The predicted molar refractivity (Wildman–Crippen MR) is 125 cm³/mol. The quantitative estimate of drug-likeness (QED) is 0.368. The Hall–Kier alpha value is -3.44. The van der Waals surface area contributed by atoms with Crippen LogP contribution in [0.1, 0.15) is 5.56 Å². The maximum atomic E-state index is 12.4. The molecule has 35 heavy (non-hydrogen) atoms. The second kappa shape index (κ2) is 9.67. The van der Waals surface area contributed by atoms with Crippen molar-refractivity contribution in [1.29, 1.82) is 0 Å². The molecule has 1 saturated heterocycles. The Kier molecular flexibility index (Phi) is 6.44. The molecule has 0 bridgehead atoms. The second-order valence-corrected chi connectivity index (χ2v) is 8.39. The van der Waals surface area contributed by atoms with E-state index >= 15 is 0 Å². The second-order valence-electron chi connectivity index (χ2n) is 8.39. The minimum atomic E-state index is -4.36. The first-order valence-electron chi connectivity index (χ1n) is 11.3. The van der Waals surface area contributed by atoms with Gasteiger partial charge in [0.2, 0.25) is 0 Å². The molecule has 3 aromatic heterocycles. The van der Waals surface area contributed by atoms with E-state index in [2.05, 4.69) is 16.0 Å². The molecule has 1 aromatic carbocycles. The van der Waals surface area contributed by atoms with Crippen molar-refractivity contribution in [1.82, 2.24) is 24.3 Å². The number of benzene rings is 1. The lowest BCUT2D eigenvalue weighted by Crippen LogP contribution is -2.36. The summed E-state index contributed by atoms with van der Waals surface area (Å²) in [6.07, 6.45) is -0.924. The van der Waals surface area contributed by atoms with E-state index in [1.54, 1.807) is 15.6 Å². The molecule has 4 heterocycles. The monoisotopic (exact) mass is 486 g/mol. The van der Waals surface area contributed by atoms with Crippen LogP contribution in [0.2, 0.25) is 0 Å². The normalized spacial score (nSPS) is 14.7. The van der Waals surface area contributed by atoms with Crippen LogP contribution in [-0.4, -0.2) is 70.0 Å². The fourth-order valence-electron chi connectivity index (χ4n) is 4.09. The Labute approximate surface area is 199 Å². The first-order chi connectivity index (χ1) is 16.9. The van der Waals surface area contributed by atoms with Gasteiger partial charge in [-0.15, -0.1) is 0 Å². The number of aryl methyl sites for hydroxylation is 1. The van der Waals surface area contributed by atoms with Crippen LogP contribution in [0, 0.1) is 6.92 Å². The molecular formula is C24H25F3N6O2. The zero-order valence-corrected chi connectivity index (χ0v) is 19.2. The smallest absolute Gasteiger partial charge is 0.378 e. The van der Waals surface area contributed by atoms with Gasteiger partial charge < -0.3 is 18.9 Å². The average Bonchev–Trinajstić information content (AvgIpc) is 3.49. The number of aromatic nitrogens is 5. The molecule has 0 unspecified atom stereocenters. The first kappa shape index (κ1) is 23.3. The largest absolute Gasteiger partial charge is 0.411 e. The highest BCUT2D eigenvalue weighted by Crippen LogP contribution is 2.29. The summed E-state index contributed by atoms with van der Waals surface area (Å²) in [7, 11) is 0. The molecule has 0 N–H and O–H groups in total. The number of hydrogen-bond donors (Lipinski definition) is 0. The molecule has 1 aliphatic heterocycles. The highest BCUT2D eigenvalue weighted by atomic mass is 19.4. The van der Waals surface area contributed by atoms with Crippen molar-refractivity contribution in [3.05, 3.63) is 54.5 Å². The maximum Gasteiger partial charge on any atom is 0.411 e. The summed E-state index contributed by atoms with van der Waals surface area (Å²) in [5.41, 5.74) is 5.09. The van der Waals surface area contributed by atoms with Gasteiger partial charge in [-0.1, -0.05) is 23.8 Å². The van der Waals surface area contributed by atoms with Crippen molar-refractivity contribution >= 4 is 16.9 Å². The average molecular weight is 486 g/mol. The van der Waals surface area contributed by atoms with Crippen LogP contribution in [-0.2, 0) is 16.0 Å². The Bertz CT molecular complexity index is 1310. The highest BCUT2D eigenvalue weighted by Gasteiger charge is 2.27. The highest BCUT2D eigenvalue weighted by molar-refractivity contribution is 5.87. The van der Waals surface area contributed by atoms with E-state index in [0.29, 0.717) is 43.3 Å².